The predicted octanol–water partition coefficient (Wildman–Crippen LogP) is 2.22. The van der Waals surface area contributed by atoms with Gasteiger partial charge in [0.1, 0.15) is 5.82 Å². The van der Waals surface area contributed by atoms with Crippen LogP contribution in [0.2, 0.25) is 0 Å². The van der Waals surface area contributed by atoms with Crippen molar-refractivity contribution in [2.45, 2.75) is 18.6 Å². The minimum absolute atomic E-state index is 0.125. The smallest absolute Gasteiger partial charge is 0.346 e. The molecule has 0 saturated carbocycles. The van der Waals surface area contributed by atoms with Gasteiger partial charge in [0.15, 0.2) is 6.29 Å². The summed E-state index contributed by atoms with van der Waals surface area (Å²) in [6.45, 7) is 0.420. The third-order valence-electron chi connectivity index (χ3n) is 2.58. The highest BCUT2D eigenvalue weighted by atomic mass is 19.4. The summed E-state index contributed by atoms with van der Waals surface area (Å²) in [5, 5.41) is 0. The minimum atomic E-state index is -4.74. The zero-order chi connectivity index (χ0) is 13.3. The molecule has 2 rings (SSSR count). The summed E-state index contributed by atoms with van der Waals surface area (Å²) in [7, 11) is 0. The molecule has 18 heavy (non-hydrogen) atoms. The molecule has 1 heterocycles. The standard InChI is InChI=1S/C11H11F4NO2/c12-9-2-1-6(3-8(9)11(13,14)15)10-17-5-7(4-16)18-10/h1-3,7,10H,4-5,16H2. The lowest BCUT2D eigenvalue weighted by Crippen LogP contribution is -2.21. The lowest BCUT2D eigenvalue weighted by atomic mass is 10.1. The zero-order valence-electron chi connectivity index (χ0n) is 9.21. The highest BCUT2D eigenvalue weighted by Crippen LogP contribution is 2.35. The number of benzene rings is 1. The molecule has 0 spiro atoms. The Morgan fingerprint density at radius 3 is 2.61 bits per heavy atom. The second-order valence-electron chi connectivity index (χ2n) is 3.90. The van der Waals surface area contributed by atoms with Crippen LogP contribution in [0.4, 0.5) is 17.6 Å². The van der Waals surface area contributed by atoms with Crippen molar-refractivity contribution in [2.24, 2.45) is 5.73 Å². The van der Waals surface area contributed by atoms with E-state index in [1.807, 2.05) is 0 Å². The van der Waals surface area contributed by atoms with E-state index < -0.39 is 23.8 Å². The summed E-state index contributed by atoms with van der Waals surface area (Å²) in [5.41, 5.74) is 4.15. The number of alkyl halides is 3. The molecule has 2 unspecified atom stereocenters. The van der Waals surface area contributed by atoms with Crippen LogP contribution in [0.1, 0.15) is 17.4 Å². The van der Waals surface area contributed by atoms with E-state index in [4.69, 9.17) is 15.2 Å². The van der Waals surface area contributed by atoms with Gasteiger partial charge in [-0.25, -0.2) is 4.39 Å². The molecule has 0 amide bonds. The molecule has 7 heteroatoms. The van der Waals surface area contributed by atoms with Crippen molar-refractivity contribution >= 4 is 0 Å². The van der Waals surface area contributed by atoms with E-state index in [9.17, 15) is 17.6 Å². The molecule has 1 aliphatic rings. The number of halogens is 4. The van der Waals surface area contributed by atoms with Crippen molar-refractivity contribution in [2.75, 3.05) is 13.2 Å². The van der Waals surface area contributed by atoms with Gasteiger partial charge in [0.2, 0.25) is 0 Å². The molecular formula is C11H11F4NO2. The van der Waals surface area contributed by atoms with Crippen molar-refractivity contribution in [3.05, 3.63) is 35.1 Å². The number of ether oxygens (including phenoxy) is 2. The maximum Gasteiger partial charge on any atom is 0.419 e. The Labute approximate surface area is 100 Å². The van der Waals surface area contributed by atoms with Gasteiger partial charge in [-0.05, 0) is 12.1 Å². The summed E-state index contributed by atoms with van der Waals surface area (Å²) in [5.74, 6) is -1.32. The highest BCUT2D eigenvalue weighted by molar-refractivity contribution is 5.28. The van der Waals surface area contributed by atoms with Crippen LogP contribution in [0.3, 0.4) is 0 Å². The summed E-state index contributed by atoms with van der Waals surface area (Å²) in [4.78, 5) is 0. The molecule has 1 aromatic carbocycles. The van der Waals surface area contributed by atoms with Gasteiger partial charge >= 0.3 is 6.18 Å². The number of hydrogen-bond donors (Lipinski definition) is 1. The molecule has 0 radical (unpaired) electrons. The Morgan fingerprint density at radius 1 is 1.33 bits per heavy atom. The van der Waals surface area contributed by atoms with Crippen molar-refractivity contribution < 1.29 is 27.0 Å². The van der Waals surface area contributed by atoms with Crippen molar-refractivity contribution in [1.29, 1.82) is 0 Å². The first-order chi connectivity index (χ1) is 8.41. The van der Waals surface area contributed by atoms with Crippen molar-refractivity contribution in [3.8, 4) is 0 Å². The van der Waals surface area contributed by atoms with Crippen LogP contribution < -0.4 is 5.73 Å². The average molecular weight is 265 g/mol. The van der Waals surface area contributed by atoms with Crippen molar-refractivity contribution in [3.63, 3.8) is 0 Å². The van der Waals surface area contributed by atoms with Gasteiger partial charge in [-0.3, -0.25) is 0 Å². The van der Waals surface area contributed by atoms with Gasteiger partial charge in [0, 0.05) is 12.1 Å². The number of rotatable bonds is 2. The first-order valence-electron chi connectivity index (χ1n) is 5.25. The monoisotopic (exact) mass is 265 g/mol. The maximum absolute atomic E-state index is 13.1. The fourth-order valence-corrected chi connectivity index (χ4v) is 1.65. The molecule has 1 aromatic rings. The molecule has 0 aliphatic carbocycles. The molecule has 0 aromatic heterocycles. The normalized spacial score (nSPS) is 24.5. The summed E-state index contributed by atoms with van der Waals surface area (Å²) in [6.07, 6.45) is -6.03. The number of nitrogens with two attached hydrogens (primary N) is 1. The molecular weight excluding hydrogens is 254 g/mol. The molecule has 1 saturated heterocycles. The van der Waals surface area contributed by atoms with Gasteiger partial charge in [0.25, 0.3) is 0 Å². The van der Waals surface area contributed by atoms with Gasteiger partial charge in [-0.15, -0.1) is 0 Å². The summed E-state index contributed by atoms with van der Waals surface area (Å²) in [6, 6.07) is 2.65. The summed E-state index contributed by atoms with van der Waals surface area (Å²) < 4.78 is 61.0. The fraction of sp³-hybridized carbons (Fsp3) is 0.455. The lowest BCUT2D eigenvalue weighted by molar-refractivity contribution is -0.140. The Hall–Kier alpha value is -1.18. The van der Waals surface area contributed by atoms with Crippen LogP contribution in [-0.2, 0) is 15.7 Å². The third kappa shape index (κ3) is 2.63. The van der Waals surface area contributed by atoms with Crippen molar-refractivity contribution in [1.82, 2.24) is 0 Å². The number of hydrogen-bond acceptors (Lipinski definition) is 3. The summed E-state index contributed by atoms with van der Waals surface area (Å²) >= 11 is 0. The zero-order valence-corrected chi connectivity index (χ0v) is 9.21. The molecule has 1 aliphatic heterocycles. The Morgan fingerprint density at radius 2 is 2.06 bits per heavy atom. The van der Waals surface area contributed by atoms with Gasteiger partial charge < -0.3 is 15.2 Å². The molecule has 2 atom stereocenters. The maximum atomic E-state index is 13.1. The molecule has 3 nitrogen and oxygen atoms in total. The van der Waals surface area contributed by atoms with Crippen LogP contribution in [0.25, 0.3) is 0 Å². The topological polar surface area (TPSA) is 44.5 Å². The van der Waals surface area contributed by atoms with Crippen LogP contribution in [0, 0.1) is 5.82 Å². The van der Waals surface area contributed by atoms with Crippen LogP contribution >= 0.6 is 0 Å². The molecule has 2 N–H and O–H groups in total. The second kappa shape index (κ2) is 4.83. The first-order valence-corrected chi connectivity index (χ1v) is 5.25. The van der Waals surface area contributed by atoms with E-state index in [1.54, 1.807) is 0 Å². The van der Waals surface area contributed by atoms with E-state index in [0.717, 1.165) is 6.07 Å². The predicted molar refractivity (Wildman–Crippen MR) is 54.0 cm³/mol. The second-order valence-corrected chi connectivity index (χ2v) is 3.90. The highest BCUT2D eigenvalue weighted by Gasteiger charge is 2.36. The van der Waals surface area contributed by atoms with E-state index >= 15 is 0 Å². The molecule has 100 valence electrons. The molecule has 0 bridgehead atoms. The average Bonchev–Trinajstić information content (AvgIpc) is 2.76. The quantitative estimate of drug-likeness (QED) is 0.834. The third-order valence-corrected chi connectivity index (χ3v) is 2.58. The van der Waals surface area contributed by atoms with Crippen LogP contribution in [0.5, 0.6) is 0 Å². The molecule has 1 fully saturated rings. The Balaban J connectivity index is 2.25. The van der Waals surface area contributed by atoms with Crippen LogP contribution in [-0.4, -0.2) is 19.3 Å². The van der Waals surface area contributed by atoms with E-state index in [0.29, 0.717) is 6.07 Å². The van der Waals surface area contributed by atoms with Gasteiger partial charge in [0.05, 0.1) is 18.3 Å². The first kappa shape index (κ1) is 13.3. The van der Waals surface area contributed by atoms with E-state index in [1.165, 1.54) is 6.07 Å². The minimum Gasteiger partial charge on any atom is -0.346 e. The largest absolute Gasteiger partial charge is 0.419 e. The SMILES string of the molecule is NCC1COC(c2ccc(F)c(C(F)(F)F)c2)O1. The van der Waals surface area contributed by atoms with Gasteiger partial charge in [-0.2, -0.15) is 13.2 Å². The fourth-order valence-electron chi connectivity index (χ4n) is 1.65. The van der Waals surface area contributed by atoms with E-state index in [2.05, 4.69) is 0 Å². The van der Waals surface area contributed by atoms with E-state index in [-0.39, 0.29) is 24.8 Å². The lowest BCUT2D eigenvalue weighted by Gasteiger charge is -2.14. The Bertz CT molecular complexity index is 436. The van der Waals surface area contributed by atoms with Gasteiger partial charge in [-0.1, -0.05) is 6.07 Å². The van der Waals surface area contributed by atoms with Crippen LogP contribution in [0.15, 0.2) is 18.2 Å². The Kier molecular flexibility index (Phi) is 3.56.